The van der Waals surface area contributed by atoms with E-state index < -0.39 is 0 Å². The molecule has 32 heavy (non-hydrogen) atoms. The number of benzene rings is 4. The van der Waals surface area contributed by atoms with Crippen LogP contribution in [0, 0.1) is 0 Å². The van der Waals surface area contributed by atoms with Crippen LogP contribution in [0.3, 0.4) is 0 Å². The number of nitrogens with zero attached hydrogens (tertiary/aromatic N) is 1. The van der Waals surface area contributed by atoms with Gasteiger partial charge in [-0.15, -0.1) is 0 Å². The Morgan fingerprint density at radius 1 is 0.781 bits per heavy atom. The maximum atomic E-state index is 13.3. The van der Waals surface area contributed by atoms with Crippen LogP contribution in [-0.4, -0.2) is 27.2 Å². The topological polar surface area (TPSA) is 48.0 Å². The number of rotatable bonds is 7. The molecule has 0 atom stereocenters. The van der Waals surface area contributed by atoms with E-state index in [2.05, 4.69) is 0 Å². The Hall–Kier alpha value is -3.99. The van der Waals surface area contributed by atoms with Crippen molar-refractivity contribution in [3.63, 3.8) is 0 Å². The quantitative estimate of drug-likeness (QED) is 0.379. The SMILES string of the molecule is COc1cc(C(=O)N(C)c2ccc3ccccc3c2)cc(OC)c1OCc1ccccc1. The number of fused-ring (bicyclic) bond motifs is 1. The van der Waals surface area contributed by atoms with E-state index in [4.69, 9.17) is 14.2 Å². The van der Waals surface area contributed by atoms with Crippen molar-refractivity contribution < 1.29 is 19.0 Å². The predicted molar refractivity (Wildman–Crippen MR) is 127 cm³/mol. The summed E-state index contributed by atoms with van der Waals surface area (Å²) in [6, 6.07) is 27.2. The van der Waals surface area contributed by atoms with Crippen LogP contribution in [0.4, 0.5) is 5.69 Å². The number of hydrogen-bond donors (Lipinski definition) is 0. The van der Waals surface area contributed by atoms with Crippen molar-refractivity contribution in [2.75, 3.05) is 26.2 Å². The van der Waals surface area contributed by atoms with Crippen LogP contribution in [0.15, 0.2) is 84.9 Å². The van der Waals surface area contributed by atoms with Crippen molar-refractivity contribution in [2.45, 2.75) is 6.61 Å². The van der Waals surface area contributed by atoms with Gasteiger partial charge in [-0.25, -0.2) is 0 Å². The third-order valence-electron chi connectivity index (χ3n) is 5.36. The van der Waals surface area contributed by atoms with Crippen LogP contribution in [-0.2, 0) is 6.61 Å². The highest BCUT2D eigenvalue weighted by Gasteiger charge is 2.21. The van der Waals surface area contributed by atoms with Crippen molar-refractivity contribution in [1.82, 2.24) is 0 Å². The maximum absolute atomic E-state index is 13.3. The first kappa shape index (κ1) is 21.2. The van der Waals surface area contributed by atoms with Crippen molar-refractivity contribution in [3.8, 4) is 17.2 Å². The van der Waals surface area contributed by atoms with Crippen molar-refractivity contribution in [3.05, 3.63) is 96.1 Å². The molecule has 5 heteroatoms. The number of amides is 1. The Morgan fingerprint density at radius 2 is 1.41 bits per heavy atom. The summed E-state index contributed by atoms with van der Waals surface area (Å²) in [6.45, 7) is 0.359. The van der Waals surface area contributed by atoms with E-state index in [9.17, 15) is 4.79 Å². The molecule has 0 aromatic heterocycles. The fourth-order valence-electron chi connectivity index (χ4n) is 3.57. The molecule has 0 fully saturated rings. The fourth-order valence-corrected chi connectivity index (χ4v) is 3.57. The van der Waals surface area contributed by atoms with Crippen LogP contribution in [0.25, 0.3) is 10.8 Å². The third-order valence-corrected chi connectivity index (χ3v) is 5.36. The first-order valence-electron chi connectivity index (χ1n) is 10.3. The minimum atomic E-state index is -0.175. The first-order chi connectivity index (χ1) is 15.6. The molecule has 4 aromatic carbocycles. The lowest BCUT2D eigenvalue weighted by atomic mass is 10.1. The van der Waals surface area contributed by atoms with Gasteiger partial charge in [-0.05, 0) is 40.6 Å². The molecule has 5 nitrogen and oxygen atoms in total. The van der Waals surface area contributed by atoms with Gasteiger partial charge in [-0.2, -0.15) is 0 Å². The highest BCUT2D eigenvalue weighted by Crippen LogP contribution is 2.39. The molecule has 162 valence electrons. The molecule has 0 radical (unpaired) electrons. The average Bonchev–Trinajstić information content (AvgIpc) is 2.86. The zero-order valence-corrected chi connectivity index (χ0v) is 18.4. The Balaban J connectivity index is 1.62. The van der Waals surface area contributed by atoms with Crippen molar-refractivity contribution in [2.24, 2.45) is 0 Å². The maximum Gasteiger partial charge on any atom is 0.258 e. The Morgan fingerprint density at radius 3 is 2.06 bits per heavy atom. The number of carbonyl (C=O) groups is 1. The lowest BCUT2D eigenvalue weighted by Gasteiger charge is -2.20. The summed E-state index contributed by atoms with van der Waals surface area (Å²) in [4.78, 5) is 14.9. The highest BCUT2D eigenvalue weighted by molar-refractivity contribution is 6.07. The summed E-state index contributed by atoms with van der Waals surface area (Å²) in [5.74, 6) is 1.17. The summed E-state index contributed by atoms with van der Waals surface area (Å²) < 4.78 is 17.1. The van der Waals surface area contributed by atoms with Gasteiger partial charge in [0.2, 0.25) is 5.75 Å². The van der Waals surface area contributed by atoms with Gasteiger partial charge in [0.1, 0.15) is 6.61 Å². The van der Waals surface area contributed by atoms with E-state index in [1.165, 1.54) is 0 Å². The van der Waals surface area contributed by atoms with Gasteiger partial charge in [-0.3, -0.25) is 4.79 Å². The first-order valence-corrected chi connectivity index (χ1v) is 10.3. The average molecular weight is 428 g/mol. The highest BCUT2D eigenvalue weighted by atomic mass is 16.5. The molecule has 0 unspecified atom stereocenters. The van der Waals surface area contributed by atoms with E-state index in [0.29, 0.717) is 29.4 Å². The van der Waals surface area contributed by atoms with E-state index in [-0.39, 0.29) is 5.91 Å². The molecular formula is C27H25NO4. The standard InChI is InChI=1S/C27H25NO4/c1-28(23-14-13-20-11-7-8-12-21(20)15-23)27(29)22-16-24(30-2)26(25(17-22)31-3)32-18-19-9-5-4-6-10-19/h4-17H,18H2,1-3H3. The molecule has 0 aliphatic rings. The smallest absolute Gasteiger partial charge is 0.258 e. The minimum absolute atomic E-state index is 0.175. The van der Waals surface area contributed by atoms with Crippen LogP contribution in [0.2, 0.25) is 0 Å². The largest absolute Gasteiger partial charge is 0.493 e. The Labute approximate surface area is 187 Å². The number of hydrogen-bond acceptors (Lipinski definition) is 4. The van der Waals surface area contributed by atoms with E-state index in [0.717, 1.165) is 22.0 Å². The molecule has 0 aliphatic heterocycles. The molecule has 0 saturated carbocycles. The molecule has 0 heterocycles. The molecule has 0 spiro atoms. The molecule has 0 N–H and O–H groups in total. The number of carbonyl (C=O) groups excluding carboxylic acids is 1. The van der Waals surface area contributed by atoms with Crippen LogP contribution < -0.4 is 19.1 Å². The Bertz CT molecular complexity index is 1210. The normalized spacial score (nSPS) is 10.6. The van der Waals surface area contributed by atoms with E-state index in [1.54, 1.807) is 38.3 Å². The zero-order valence-electron chi connectivity index (χ0n) is 18.4. The lowest BCUT2D eigenvalue weighted by molar-refractivity contribution is 0.0992. The van der Waals surface area contributed by atoms with Gasteiger partial charge in [0.05, 0.1) is 14.2 Å². The van der Waals surface area contributed by atoms with Crippen LogP contribution >= 0.6 is 0 Å². The lowest BCUT2D eigenvalue weighted by Crippen LogP contribution is -2.26. The molecule has 0 saturated heterocycles. The fraction of sp³-hybridized carbons (Fsp3) is 0.148. The monoisotopic (exact) mass is 427 g/mol. The Kier molecular flexibility index (Phi) is 6.26. The minimum Gasteiger partial charge on any atom is -0.493 e. The molecule has 4 rings (SSSR count). The van der Waals surface area contributed by atoms with E-state index in [1.807, 2.05) is 72.8 Å². The second-order valence-corrected chi connectivity index (χ2v) is 7.38. The molecule has 4 aromatic rings. The van der Waals surface area contributed by atoms with Gasteiger partial charge in [-0.1, -0.05) is 60.7 Å². The van der Waals surface area contributed by atoms with Gasteiger partial charge in [0.25, 0.3) is 5.91 Å². The van der Waals surface area contributed by atoms with Gasteiger partial charge in [0.15, 0.2) is 11.5 Å². The van der Waals surface area contributed by atoms with Gasteiger partial charge in [0, 0.05) is 18.3 Å². The second-order valence-electron chi connectivity index (χ2n) is 7.38. The van der Waals surface area contributed by atoms with Crippen LogP contribution in [0.5, 0.6) is 17.2 Å². The molecule has 0 aliphatic carbocycles. The summed E-state index contributed by atoms with van der Waals surface area (Å²) in [6.07, 6.45) is 0. The van der Waals surface area contributed by atoms with Crippen molar-refractivity contribution >= 4 is 22.4 Å². The van der Waals surface area contributed by atoms with Gasteiger partial charge >= 0.3 is 0 Å². The van der Waals surface area contributed by atoms with Gasteiger partial charge < -0.3 is 19.1 Å². The third kappa shape index (κ3) is 4.37. The molecule has 0 bridgehead atoms. The van der Waals surface area contributed by atoms with E-state index >= 15 is 0 Å². The predicted octanol–water partition coefficient (Wildman–Crippen LogP) is 5.71. The summed E-state index contributed by atoms with van der Waals surface area (Å²) >= 11 is 0. The second kappa shape index (κ2) is 9.43. The summed E-state index contributed by atoms with van der Waals surface area (Å²) in [5.41, 5.74) is 2.27. The number of anilines is 1. The summed E-state index contributed by atoms with van der Waals surface area (Å²) in [5, 5.41) is 2.20. The summed E-state index contributed by atoms with van der Waals surface area (Å²) in [7, 11) is 4.85. The molecular weight excluding hydrogens is 402 g/mol. The number of methoxy groups -OCH3 is 2. The van der Waals surface area contributed by atoms with Crippen LogP contribution in [0.1, 0.15) is 15.9 Å². The van der Waals surface area contributed by atoms with Crippen molar-refractivity contribution in [1.29, 1.82) is 0 Å². The zero-order chi connectivity index (χ0) is 22.5. The molecule has 1 amide bonds. The number of ether oxygens (including phenoxy) is 3.